The van der Waals surface area contributed by atoms with Crippen LogP contribution in [0.15, 0.2) is 42.5 Å². The molecule has 33 heavy (non-hydrogen) atoms. The van der Waals surface area contributed by atoms with Crippen LogP contribution in [0.25, 0.3) is 0 Å². The third-order valence-electron chi connectivity index (χ3n) is 5.99. The van der Waals surface area contributed by atoms with E-state index in [2.05, 4.69) is 0 Å². The minimum atomic E-state index is -3.55. The number of benzene rings is 2. The van der Waals surface area contributed by atoms with Crippen molar-refractivity contribution in [2.24, 2.45) is 0 Å². The van der Waals surface area contributed by atoms with E-state index in [4.69, 9.17) is 14.3 Å². The van der Waals surface area contributed by atoms with Gasteiger partial charge in [-0.1, -0.05) is 34.3 Å². The van der Waals surface area contributed by atoms with E-state index in [-0.39, 0.29) is 23.9 Å². The Bertz CT molecular complexity index is 1110. The Hall–Kier alpha value is -2.46. The second-order valence-electron chi connectivity index (χ2n) is 8.58. The smallest absolute Gasteiger partial charge is 0.254 e. The molecule has 0 aliphatic carbocycles. The molecule has 2 heterocycles. The van der Waals surface area contributed by atoms with Crippen molar-refractivity contribution in [3.05, 3.63) is 64.7 Å². The van der Waals surface area contributed by atoms with Gasteiger partial charge in [0.1, 0.15) is 18.0 Å². The molecule has 2 aliphatic rings. The Kier molecular flexibility index (Phi) is 7.04. The zero-order valence-corrected chi connectivity index (χ0v) is 20.0. The summed E-state index contributed by atoms with van der Waals surface area (Å²) >= 11 is 0. The summed E-state index contributed by atoms with van der Waals surface area (Å²) in [6.45, 7) is 5.49. The number of carbonyl (C=O) groups excluding carboxylic acids is 1. The van der Waals surface area contributed by atoms with Crippen LogP contribution in [0, 0.1) is 13.8 Å². The fourth-order valence-electron chi connectivity index (χ4n) is 4.20. The Morgan fingerprint density at radius 3 is 2.64 bits per heavy atom. The van der Waals surface area contributed by atoms with E-state index in [0.29, 0.717) is 49.5 Å². The van der Waals surface area contributed by atoms with Crippen molar-refractivity contribution in [2.75, 3.05) is 33.4 Å². The molecule has 0 N–H and O–H groups in total. The first-order chi connectivity index (χ1) is 15.8. The summed E-state index contributed by atoms with van der Waals surface area (Å²) in [5.74, 6) is 0.327. The van der Waals surface area contributed by atoms with Crippen LogP contribution in [-0.2, 0) is 25.4 Å². The molecule has 0 aromatic heterocycles. The lowest BCUT2D eigenvalue weighted by molar-refractivity contribution is -0.0286. The first-order valence-corrected chi connectivity index (χ1v) is 12.7. The molecule has 2 unspecified atom stereocenters. The van der Waals surface area contributed by atoms with Gasteiger partial charge in [-0.15, -0.1) is 0 Å². The Morgan fingerprint density at radius 2 is 1.91 bits per heavy atom. The molecule has 1 amide bonds. The highest BCUT2D eigenvalue weighted by molar-refractivity contribution is 7.88. The first-order valence-electron chi connectivity index (χ1n) is 11.0. The predicted octanol–water partition coefficient (Wildman–Crippen LogP) is 2.69. The minimum absolute atomic E-state index is 0.0465. The summed E-state index contributed by atoms with van der Waals surface area (Å²) in [6, 6.07) is 12.9. The molecule has 2 atom stereocenters. The van der Waals surface area contributed by atoms with E-state index in [1.165, 1.54) is 0 Å². The largest absolute Gasteiger partial charge is 0.486 e. The number of hydrogen-bond donors (Lipinski definition) is 0. The summed E-state index contributed by atoms with van der Waals surface area (Å²) in [7, 11) is -1.95. The second kappa shape index (κ2) is 9.80. The van der Waals surface area contributed by atoms with E-state index in [0.717, 1.165) is 15.6 Å². The van der Waals surface area contributed by atoms with Gasteiger partial charge in [0.25, 0.3) is 5.91 Å². The number of amides is 1. The molecule has 178 valence electrons. The molecule has 2 saturated heterocycles. The maximum absolute atomic E-state index is 13.1. The highest BCUT2D eigenvalue weighted by atomic mass is 32.2. The van der Waals surface area contributed by atoms with Crippen molar-refractivity contribution in [2.45, 2.75) is 38.2 Å². The maximum atomic E-state index is 13.1. The molecule has 9 heteroatoms. The van der Waals surface area contributed by atoms with E-state index in [9.17, 15) is 13.2 Å². The predicted molar refractivity (Wildman–Crippen MR) is 123 cm³/mol. The monoisotopic (exact) mass is 474 g/mol. The molecule has 0 saturated carbocycles. The van der Waals surface area contributed by atoms with E-state index in [1.807, 2.05) is 32.0 Å². The Morgan fingerprint density at radius 1 is 1.12 bits per heavy atom. The van der Waals surface area contributed by atoms with Gasteiger partial charge in [-0.25, -0.2) is 8.42 Å². The Balaban J connectivity index is 1.45. The second-order valence-corrected chi connectivity index (χ2v) is 10.4. The van der Waals surface area contributed by atoms with Gasteiger partial charge in [0, 0.05) is 19.2 Å². The average molecular weight is 475 g/mol. The molecule has 0 spiro atoms. The number of sulfonamides is 1. The lowest BCUT2D eigenvalue weighted by atomic mass is 10.0. The van der Waals surface area contributed by atoms with E-state index < -0.39 is 10.0 Å². The van der Waals surface area contributed by atoms with Crippen LogP contribution in [0.1, 0.15) is 33.5 Å². The van der Waals surface area contributed by atoms with E-state index >= 15 is 0 Å². The van der Waals surface area contributed by atoms with Crippen LogP contribution in [0.2, 0.25) is 0 Å². The zero-order chi connectivity index (χ0) is 23.6. The number of rotatable bonds is 7. The fourth-order valence-corrected chi connectivity index (χ4v) is 5.58. The molecule has 2 aromatic carbocycles. The number of aryl methyl sites for hydroxylation is 2. The van der Waals surface area contributed by atoms with Gasteiger partial charge < -0.3 is 14.4 Å². The SMILES string of the molecule is COC1CN(C(=O)c2cc(C)ccc2C)CC1Oc1cccc(CS(=O)(=O)N2CCCO2)c1. The van der Waals surface area contributed by atoms with Crippen molar-refractivity contribution >= 4 is 15.9 Å². The zero-order valence-electron chi connectivity index (χ0n) is 19.2. The standard InChI is InChI=1S/C24H30N2O6S/c1-17-8-9-18(2)21(12-17)24(27)25-14-22(30-3)23(15-25)32-20-7-4-6-19(13-20)16-33(28,29)26-10-5-11-31-26/h4,6-9,12-13,22-23H,5,10-11,14-16H2,1-3H3. The highest BCUT2D eigenvalue weighted by Gasteiger charge is 2.38. The van der Waals surface area contributed by atoms with Crippen LogP contribution < -0.4 is 4.74 Å². The minimum Gasteiger partial charge on any atom is -0.486 e. The number of carbonyl (C=O) groups is 1. The normalized spacial score (nSPS) is 21.5. The molecule has 8 nitrogen and oxygen atoms in total. The number of hydrogen-bond acceptors (Lipinski definition) is 6. The van der Waals surface area contributed by atoms with E-state index in [1.54, 1.807) is 36.3 Å². The topological polar surface area (TPSA) is 85.4 Å². The molecular formula is C24H30N2O6S. The van der Waals surface area contributed by atoms with Gasteiger partial charge in [-0.2, -0.15) is 0 Å². The molecule has 2 fully saturated rings. The lowest BCUT2D eigenvalue weighted by Gasteiger charge is -2.20. The lowest BCUT2D eigenvalue weighted by Crippen LogP contribution is -2.32. The number of ether oxygens (including phenoxy) is 2. The number of likely N-dealkylation sites (tertiary alicyclic amines) is 1. The molecule has 2 aromatic rings. The van der Waals surface area contributed by atoms with Crippen LogP contribution in [0.3, 0.4) is 0 Å². The summed E-state index contributed by atoms with van der Waals surface area (Å²) in [6.07, 6.45) is 0.0436. The van der Waals surface area contributed by atoms with Crippen molar-refractivity contribution in [3.63, 3.8) is 0 Å². The van der Waals surface area contributed by atoms with Gasteiger partial charge in [-0.3, -0.25) is 9.63 Å². The van der Waals surface area contributed by atoms with Crippen LogP contribution in [0.4, 0.5) is 0 Å². The summed E-state index contributed by atoms with van der Waals surface area (Å²) < 4.78 is 38.0. The van der Waals surface area contributed by atoms with Crippen LogP contribution in [0.5, 0.6) is 5.75 Å². The molecular weight excluding hydrogens is 444 g/mol. The highest BCUT2D eigenvalue weighted by Crippen LogP contribution is 2.25. The number of nitrogens with zero attached hydrogens (tertiary/aromatic N) is 2. The van der Waals surface area contributed by atoms with Gasteiger partial charge in [-0.05, 0) is 49.6 Å². The maximum Gasteiger partial charge on any atom is 0.254 e. The Labute approximate surface area is 195 Å². The molecule has 2 aliphatic heterocycles. The molecule has 4 rings (SSSR count). The van der Waals surface area contributed by atoms with Crippen LogP contribution >= 0.6 is 0 Å². The quantitative estimate of drug-likeness (QED) is 0.614. The van der Waals surface area contributed by atoms with Crippen molar-refractivity contribution in [3.8, 4) is 5.75 Å². The molecule has 0 radical (unpaired) electrons. The molecule has 0 bridgehead atoms. The van der Waals surface area contributed by atoms with Gasteiger partial charge in [0.15, 0.2) is 0 Å². The fraction of sp³-hybridized carbons (Fsp3) is 0.458. The number of methoxy groups -OCH3 is 1. The summed E-state index contributed by atoms with van der Waals surface area (Å²) in [5.41, 5.74) is 3.25. The van der Waals surface area contributed by atoms with Crippen LogP contribution in [-0.4, -0.2) is 69.3 Å². The summed E-state index contributed by atoms with van der Waals surface area (Å²) in [4.78, 5) is 20.1. The first kappa shape index (κ1) is 23.7. The van der Waals surface area contributed by atoms with Gasteiger partial charge in [0.05, 0.1) is 25.4 Å². The van der Waals surface area contributed by atoms with Crippen molar-refractivity contribution in [1.29, 1.82) is 0 Å². The third kappa shape index (κ3) is 5.38. The van der Waals surface area contributed by atoms with Crippen molar-refractivity contribution < 1.29 is 27.5 Å². The van der Waals surface area contributed by atoms with Crippen molar-refractivity contribution in [1.82, 2.24) is 9.37 Å². The average Bonchev–Trinajstić information content (AvgIpc) is 3.46. The summed E-state index contributed by atoms with van der Waals surface area (Å²) in [5, 5.41) is 0. The van der Waals surface area contributed by atoms with Gasteiger partial charge >= 0.3 is 0 Å². The third-order valence-corrected chi connectivity index (χ3v) is 7.60. The van der Waals surface area contributed by atoms with Gasteiger partial charge in [0.2, 0.25) is 10.0 Å². The number of hydroxylamine groups is 1.